The molecule has 3 nitrogen and oxygen atoms in total. The standard InChI is InChI=1S/C23H39NO2/c1-4-5-6-7-8-9-10-11-12-15-20-26-23(25)19-18-21-16-13-14-17-22(21)24(2)3/h13-14,16-17H,4-12,15,18-20H2,1-3H3. The molecule has 0 radical (unpaired) electrons. The second-order valence-corrected chi connectivity index (χ2v) is 7.43. The van der Waals surface area contributed by atoms with Gasteiger partial charge >= 0.3 is 5.97 Å². The van der Waals surface area contributed by atoms with Gasteiger partial charge in [0.15, 0.2) is 0 Å². The van der Waals surface area contributed by atoms with Gasteiger partial charge in [-0.25, -0.2) is 0 Å². The Labute approximate surface area is 161 Å². The van der Waals surface area contributed by atoms with Crippen LogP contribution >= 0.6 is 0 Å². The average Bonchev–Trinajstić information content (AvgIpc) is 2.64. The molecule has 0 unspecified atom stereocenters. The summed E-state index contributed by atoms with van der Waals surface area (Å²) in [7, 11) is 4.06. The Morgan fingerprint density at radius 1 is 0.885 bits per heavy atom. The van der Waals surface area contributed by atoms with Gasteiger partial charge in [0.1, 0.15) is 0 Å². The number of benzene rings is 1. The van der Waals surface area contributed by atoms with Gasteiger partial charge in [-0.05, 0) is 24.5 Å². The molecule has 1 rings (SSSR count). The lowest BCUT2D eigenvalue weighted by molar-refractivity contribution is -0.143. The van der Waals surface area contributed by atoms with Crippen LogP contribution in [0.2, 0.25) is 0 Å². The van der Waals surface area contributed by atoms with E-state index in [9.17, 15) is 4.79 Å². The summed E-state index contributed by atoms with van der Waals surface area (Å²) in [5.41, 5.74) is 2.38. The fourth-order valence-electron chi connectivity index (χ4n) is 3.24. The first-order chi connectivity index (χ1) is 12.6. The average molecular weight is 362 g/mol. The molecule has 0 N–H and O–H groups in total. The molecule has 0 aliphatic rings. The Kier molecular flexibility index (Phi) is 12.7. The maximum absolute atomic E-state index is 11.9. The predicted octanol–water partition coefficient (Wildman–Crippen LogP) is 6.15. The molecule has 0 heterocycles. The third kappa shape index (κ3) is 10.5. The molecule has 0 spiro atoms. The van der Waals surface area contributed by atoms with E-state index in [-0.39, 0.29) is 5.97 Å². The highest BCUT2D eigenvalue weighted by Crippen LogP contribution is 2.19. The molecule has 0 saturated heterocycles. The van der Waals surface area contributed by atoms with Crippen LogP contribution in [-0.4, -0.2) is 26.7 Å². The van der Waals surface area contributed by atoms with Crippen molar-refractivity contribution in [1.82, 2.24) is 0 Å². The molecule has 0 fully saturated rings. The van der Waals surface area contributed by atoms with Crippen LogP contribution in [0.4, 0.5) is 5.69 Å². The van der Waals surface area contributed by atoms with E-state index in [0.717, 1.165) is 12.8 Å². The maximum Gasteiger partial charge on any atom is 0.306 e. The summed E-state index contributed by atoms with van der Waals surface area (Å²) < 4.78 is 5.38. The van der Waals surface area contributed by atoms with Gasteiger partial charge in [0.2, 0.25) is 0 Å². The number of unbranched alkanes of at least 4 members (excludes halogenated alkanes) is 9. The Morgan fingerprint density at radius 2 is 1.46 bits per heavy atom. The fraction of sp³-hybridized carbons (Fsp3) is 0.696. The van der Waals surface area contributed by atoms with E-state index in [2.05, 4.69) is 24.0 Å². The normalized spacial score (nSPS) is 10.7. The highest BCUT2D eigenvalue weighted by atomic mass is 16.5. The molecule has 0 aliphatic carbocycles. The smallest absolute Gasteiger partial charge is 0.306 e. The molecule has 0 bridgehead atoms. The van der Waals surface area contributed by atoms with Crippen molar-refractivity contribution >= 4 is 11.7 Å². The van der Waals surface area contributed by atoms with Crippen molar-refractivity contribution in [2.75, 3.05) is 25.6 Å². The summed E-state index contributed by atoms with van der Waals surface area (Å²) >= 11 is 0. The van der Waals surface area contributed by atoms with E-state index in [1.54, 1.807) is 0 Å². The quantitative estimate of drug-likeness (QED) is 0.277. The number of ether oxygens (including phenoxy) is 1. The van der Waals surface area contributed by atoms with Crippen molar-refractivity contribution < 1.29 is 9.53 Å². The van der Waals surface area contributed by atoms with Crippen LogP contribution in [0.1, 0.15) is 83.1 Å². The third-order valence-corrected chi connectivity index (χ3v) is 4.83. The number of hydrogen-bond acceptors (Lipinski definition) is 3. The first-order valence-corrected chi connectivity index (χ1v) is 10.6. The zero-order valence-corrected chi connectivity index (χ0v) is 17.3. The number of rotatable bonds is 15. The Balaban J connectivity index is 2.01. The largest absolute Gasteiger partial charge is 0.466 e. The molecule has 0 atom stereocenters. The Morgan fingerprint density at radius 3 is 2.08 bits per heavy atom. The molecule has 0 aromatic heterocycles. The number of carbonyl (C=O) groups excluding carboxylic acids is 1. The summed E-state index contributed by atoms with van der Waals surface area (Å²) in [6.45, 7) is 2.83. The van der Waals surface area contributed by atoms with Crippen LogP contribution in [0.25, 0.3) is 0 Å². The van der Waals surface area contributed by atoms with E-state index in [1.165, 1.54) is 69.0 Å². The van der Waals surface area contributed by atoms with Crippen LogP contribution in [0, 0.1) is 0 Å². The zero-order valence-electron chi connectivity index (χ0n) is 17.3. The van der Waals surface area contributed by atoms with Crippen LogP contribution in [-0.2, 0) is 16.0 Å². The molecule has 148 valence electrons. The molecule has 0 saturated carbocycles. The first-order valence-electron chi connectivity index (χ1n) is 10.6. The molecule has 3 heteroatoms. The van der Waals surface area contributed by atoms with E-state index >= 15 is 0 Å². The fourth-order valence-corrected chi connectivity index (χ4v) is 3.24. The van der Waals surface area contributed by atoms with E-state index in [4.69, 9.17) is 4.74 Å². The summed E-state index contributed by atoms with van der Waals surface area (Å²) in [5.74, 6) is -0.0746. The number of hydrogen-bond donors (Lipinski definition) is 0. The molecule has 26 heavy (non-hydrogen) atoms. The van der Waals surface area contributed by atoms with Gasteiger partial charge < -0.3 is 9.64 Å². The number of aryl methyl sites for hydroxylation is 1. The van der Waals surface area contributed by atoms with Gasteiger partial charge in [0.05, 0.1) is 6.61 Å². The monoisotopic (exact) mass is 361 g/mol. The minimum atomic E-state index is -0.0746. The van der Waals surface area contributed by atoms with Crippen LogP contribution < -0.4 is 4.90 Å². The van der Waals surface area contributed by atoms with Gasteiger partial charge in [-0.1, -0.05) is 82.9 Å². The summed E-state index contributed by atoms with van der Waals surface area (Å²) in [6.07, 6.45) is 14.2. The van der Waals surface area contributed by atoms with E-state index < -0.39 is 0 Å². The summed E-state index contributed by atoms with van der Waals surface area (Å²) in [6, 6.07) is 8.23. The first kappa shape index (κ1) is 22.5. The number of esters is 1. The van der Waals surface area contributed by atoms with Crippen LogP contribution in [0.3, 0.4) is 0 Å². The molecule has 1 aromatic carbocycles. The predicted molar refractivity (Wildman–Crippen MR) is 112 cm³/mol. The number of nitrogens with zero attached hydrogens (tertiary/aromatic N) is 1. The highest BCUT2D eigenvalue weighted by molar-refractivity contribution is 5.70. The minimum absolute atomic E-state index is 0.0746. The van der Waals surface area contributed by atoms with Crippen molar-refractivity contribution in [1.29, 1.82) is 0 Å². The Hall–Kier alpha value is -1.51. The van der Waals surface area contributed by atoms with Gasteiger partial charge in [0.25, 0.3) is 0 Å². The molecular weight excluding hydrogens is 322 g/mol. The van der Waals surface area contributed by atoms with Crippen molar-refractivity contribution in [3.8, 4) is 0 Å². The molecule has 1 aromatic rings. The summed E-state index contributed by atoms with van der Waals surface area (Å²) in [5, 5.41) is 0. The van der Waals surface area contributed by atoms with Crippen molar-refractivity contribution in [3.05, 3.63) is 29.8 Å². The zero-order chi connectivity index (χ0) is 19.0. The summed E-state index contributed by atoms with van der Waals surface area (Å²) in [4.78, 5) is 14.0. The minimum Gasteiger partial charge on any atom is -0.466 e. The van der Waals surface area contributed by atoms with Crippen molar-refractivity contribution in [3.63, 3.8) is 0 Å². The topological polar surface area (TPSA) is 29.5 Å². The van der Waals surface area contributed by atoms with Gasteiger partial charge in [-0.15, -0.1) is 0 Å². The maximum atomic E-state index is 11.9. The Bertz CT molecular complexity index is 485. The number of carbonyl (C=O) groups is 1. The van der Waals surface area contributed by atoms with Crippen LogP contribution in [0.15, 0.2) is 24.3 Å². The van der Waals surface area contributed by atoms with E-state index in [1.807, 2.05) is 26.2 Å². The van der Waals surface area contributed by atoms with Crippen molar-refractivity contribution in [2.45, 2.75) is 84.0 Å². The number of anilines is 1. The molecule has 0 amide bonds. The number of para-hydroxylation sites is 1. The lowest BCUT2D eigenvalue weighted by Crippen LogP contribution is -2.12. The SMILES string of the molecule is CCCCCCCCCCCCOC(=O)CCc1ccccc1N(C)C. The highest BCUT2D eigenvalue weighted by Gasteiger charge is 2.08. The molecule has 0 aliphatic heterocycles. The lowest BCUT2D eigenvalue weighted by atomic mass is 10.1. The second-order valence-electron chi connectivity index (χ2n) is 7.43. The van der Waals surface area contributed by atoms with Gasteiger partial charge in [0, 0.05) is 26.2 Å². The van der Waals surface area contributed by atoms with Crippen LogP contribution in [0.5, 0.6) is 0 Å². The van der Waals surface area contributed by atoms with E-state index in [0.29, 0.717) is 13.0 Å². The van der Waals surface area contributed by atoms with Crippen molar-refractivity contribution in [2.24, 2.45) is 0 Å². The lowest BCUT2D eigenvalue weighted by Gasteiger charge is -2.17. The second kappa shape index (κ2) is 14.6. The van der Waals surface area contributed by atoms with Gasteiger partial charge in [-0.2, -0.15) is 0 Å². The third-order valence-electron chi connectivity index (χ3n) is 4.83. The van der Waals surface area contributed by atoms with Gasteiger partial charge in [-0.3, -0.25) is 4.79 Å². The molecular formula is C23H39NO2.